The maximum atomic E-state index is 12.4. The molecule has 2 aliphatic carbocycles. The summed E-state index contributed by atoms with van der Waals surface area (Å²) in [6.07, 6.45) is 6.18. The zero-order valence-electron chi connectivity index (χ0n) is 15.1. The molecule has 2 fully saturated rings. The topological polar surface area (TPSA) is 91.9 Å². The van der Waals surface area contributed by atoms with Crippen molar-refractivity contribution in [2.24, 2.45) is 22.4 Å². The van der Waals surface area contributed by atoms with Crippen LogP contribution in [-0.2, 0) is 4.79 Å². The minimum atomic E-state index is -0.964. The first-order valence-corrected chi connectivity index (χ1v) is 9.25. The van der Waals surface area contributed by atoms with Gasteiger partial charge in [-0.15, -0.1) is 0 Å². The molecule has 0 spiro atoms. The molecular formula is C21H22N2O4. The Kier molecular flexibility index (Phi) is 4.34. The number of carboxylic acid groups (broad SMARTS) is 1. The molecule has 6 nitrogen and oxygen atoms in total. The highest BCUT2D eigenvalue weighted by Gasteiger charge is 2.64. The largest absolute Gasteiger partial charge is 0.478 e. The first kappa shape index (κ1) is 17.5. The van der Waals surface area contributed by atoms with Crippen LogP contribution >= 0.6 is 0 Å². The van der Waals surface area contributed by atoms with Crippen molar-refractivity contribution < 1.29 is 19.1 Å². The molecule has 2 aliphatic rings. The predicted molar refractivity (Wildman–Crippen MR) is 100 cm³/mol. The molecule has 4 rings (SSSR count). The van der Waals surface area contributed by atoms with E-state index in [1.54, 1.807) is 24.3 Å². The standard InChI is InChI=1S/C21H22N2O4/c1-21-11-3-2-4-16(21)18(21)19(24)23-22-12-15-9-10-17(27-15)13-5-7-14(8-6-13)20(25)26/h5-10,12,16,18H,2-4,11H2,1H3,(H,23,24)(H,25,26)/b22-12-/t16-,18-,21-/m1/s1. The van der Waals surface area contributed by atoms with E-state index in [9.17, 15) is 9.59 Å². The van der Waals surface area contributed by atoms with Gasteiger partial charge in [0.15, 0.2) is 0 Å². The normalized spacial score (nSPS) is 26.6. The molecule has 1 aromatic carbocycles. The Balaban J connectivity index is 1.36. The Hall–Kier alpha value is -2.89. The quantitative estimate of drug-likeness (QED) is 0.620. The van der Waals surface area contributed by atoms with Gasteiger partial charge in [-0.2, -0.15) is 5.10 Å². The van der Waals surface area contributed by atoms with Gasteiger partial charge in [0.1, 0.15) is 11.5 Å². The fourth-order valence-corrected chi connectivity index (χ4v) is 4.43. The van der Waals surface area contributed by atoms with E-state index >= 15 is 0 Å². The zero-order chi connectivity index (χ0) is 19.0. The monoisotopic (exact) mass is 366 g/mol. The van der Waals surface area contributed by atoms with Gasteiger partial charge in [-0.1, -0.05) is 31.9 Å². The summed E-state index contributed by atoms with van der Waals surface area (Å²) in [5, 5.41) is 13.0. The summed E-state index contributed by atoms with van der Waals surface area (Å²) in [5.41, 5.74) is 3.82. The van der Waals surface area contributed by atoms with Crippen molar-refractivity contribution in [3.05, 3.63) is 47.7 Å². The number of amides is 1. The van der Waals surface area contributed by atoms with Crippen molar-refractivity contribution in [2.45, 2.75) is 32.6 Å². The van der Waals surface area contributed by atoms with Gasteiger partial charge in [0.2, 0.25) is 5.91 Å². The third kappa shape index (κ3) is 3.27. The number of carboxylic acids is 1. The summed E-state index contributed by atoms with van der Waals surface area (Å²) >= 11 is 0. The van der Waals surface area contributed by atoms with Crippen molar-refractivity contribution in [2.75, 3.05) is 0 Å². The van der Waals surface area contributed by atoms with Gasteiger partial charge < -0.3 is 9.52 Å². The molecule has 0 saturated heterocycles. The molecule has 0 radical (unpaired) electrons. The Morgan fingerprint density at radius 2 is 2.00 bits per heavy atom. The van der Waals surface area contributed by atoms with E-state index in [-0.39, 0.29) is 22.8 Å². The highest BCUT2D eigenvalue weighted by molar-refractivity contribution is 5.88. The van der Waals surface area contributed by atoms with E-state index in [1.165, 1.54) is 31.2 Å². The van der Waals surface area contributed by atoms with Crippen molar-refractivity contribution in [3.8, 4) is 11.3 Å². The van der Waals surface area contributed by atoms with Crippen LogP contribution in [0.4, 0.5) is 0 Å². The first-order valence-electron chi connectivity index (χ1n) is 9.25. The van der Waals surface area contributed by atoms with Crippen LogP contribution in [0.2, 0.25) is 0 Å². The van der Waals surface area contributed by atoms with Crippen LogP contribution < -0.4 is 5.43 Å². The van der Waals surface area contributed by atoms with Crippen molar-refractivity contribution >= 4 is 18.1 Å². The zero-order valence-corrected chi connectivity index (χ0v) is 15.1. The van der Waals surface area contributed by atoms with E-state index in [0.717, 1.165) is 18.4 Å². The first-order chi connectivity index (χ1) is 13.0. The number of hydrogen-bond donors (Lipinski definition) is 2. The van der Waals surface area contributed by atoms with Gasteiger partial charge >= 0.3 is 5.97 Å². The lowest BCUT2D eigenvalue weighted by molar-refractivity contribution is -0.123. The molecule has 27 heavy (non-hydrogen) atoms. The van der Waals surface area contributed by atoms with Crippen molar-refractivity contribution in [1.82, 2.24) is 5.43 Å². The fourth-order valence-electron chi connectivity index (χ4n) is 4.43. The molecule has 2 aromatic rings. The molecule has 0 unspecified atom stereocenters. The number of fused-ring (bicyclic) bond motifs is 1. The molecule has 0 aliphatic heterocycles. The van der Waals surface area contributed by atoms with Crippen molar-refractivity contribution in [3.63, 3.8) is 0 Å². The smallest absolute Gasteiger partial charge is 0.335 e. The highest BCUT2D eigenvalue weighted by Crippen LogP contribution is 2.66. The lowest BCUT2D eigenvalue weighted by atomic mass is 9.90. The molecule has 3 atom stereocenters. The van der Waals surface area contributed by atoms with E-state index in [1.807, 2.05) is 0 Å². The minimum absolute atomic E-state index is 0.00307. The maximum absolute atomic E-state index is 12.4. The van der Waals surface area contributed by atoms with Gasteiger partial charge in [0.05, 0.1) is 11.8 Å². The number of rotatable bonds is 5. The molecule has 1 heterocycles. The van der Waals surface area contributed by atoms with E-state index in [0.29, 0.717) is 17.4 Å². The van der Waals surface area contributed by atoms with E-state index < -0.39 is 5.97 Å². The lowest BCUT2D eigenvalue weighted by Crippen LogP contribution is -2.22. The lowest BCUT2D eigenvalue weighted by Gasteiger charge is -2.15. The summed E-state index contributed by atoms with van der Waals surface area (Å²) in [5.74, 6) is 0.751. The summed E-state index contributed by atoms with van der Waals surface area (Å²) < 4.78 is 5.69. The number of aromatic carboxylic acids is 1. The van der Waals surface area contributed by atoms with E-state index in [4.69, 9.17) is 9.52 Å². The van der Waals surface area contributed by atoms with Crippen molar-refractivity contribution in [1.29, 1.82) is 0 Å². The number of furan rings is 1. The number of hydrazone groups is 1. The Morgan fingerprint density at radius 1 is 1.22 bits per heavy atom. The molecule has 140 valence electrons. The van der Waals surface area contributed by atoms with Crippen LogP contribution in [0.1, 0.15) is 48.7 Å². The summed E-state index contributed by atoms with van der Waals surface area (Å²) in [6.45, 7) is 2.21. The molecular weight excluding hydrogens is 344 g/mol. The van der Waals surface area contributed by atoms with Crippen LogP contribution in [0.25, 0.3) is 11.3 Å². The van der Waals surface area contributed by atoms with Gasteiger partial charge in [-0.05, 0) is 48.4 Å². The molecule has 2 saturated carbocycles. The Bertz CT molecular complexity index is 899. The average Bonchev–Trinajstić information content (AvgIpc) is 3.03. The molecule has 1 aromatic heterocycles. The average molecular weight is 366 g/mol. The van der Waals surface area contributed by atoms with Crippen LogP contribution in [0, 0.1) is 17.3 Å². The number of carbonyl (C=O) groups is 2. The number of nitrogens with zero attached hydrogens (tertiary/aromatic N) is 1. The number of carbonyl (C=O) groups excluding carboxylic acids is 1. The van der Waals surface area contributed by atoms with Gasteiger partial charge in [0.25, 0.3) is 0 Å². The number of nitrogens with one attached hydrogen (secondary N) is 1. The van der Waals surface area contributed by atoms with Crippen LogP contribution in [0.5, 0.6) is 0 Å². The highest BCUT2D eigenvalue weighted by atomic mass is 16.4. The second kappa shape index (κ2) is 6.68. The number of benzene rings is 1. The molecule has 2 N–H and O–H groups in total. The second-order valence-corrected chi connectivity index (χ2v) is 7.65. The summed E-state index contributed by atoms with van der Waals surface area (Å²) in [6, 6.07) is 10.00. The van der Waals surface area contributed by atoms with E-state index in [2.05, 4.69) is 17.5 Å². The van der Waals surface area contributed by atoms with Crippen LogP contribution in [0.15, 0.2) is 45.9 Å². The third-order valence-electron chi connectivity index (χ3n) is 6.02. The fraction of sp³-hybridized carbons (Fsp3) is 0.381. The second-order valence-electron chi connectivity index (χ2n) is 7.65. The van der Waals surface area contributed by atoms with Gasteiger partial charge in [0, 0.05) is 11.5 Å². The number of hydrogen-bond acceptors (Lipinski definition) is 4. The predicted octanol–water partition coefficient (Wildman–Crippen LogP) is 3.92. The Labute approximate surface area is 157 Å². The molecule has 0 bridgehead atoms. The Morgan fingerprint density at radius 3 is 2.67 bits per heavy atom. The summed E-state index contributed by atoms with van der Waals surface area (Å²) in [7, 11) is 0. The SMILES string of the molecule is C[C@@]12CCCC[C@@H]1[C@@H]2C(=O)N/N=C\c1ccc(-c2ccc(C(=O)O)cc2)o1. The van der Waals surface area contributed by atoms with Gasteiger partial charge in [-0.3, -0.25) is 4.79 Å². The van der Waals surface area contributed by atoms with Crippen LogP contribution in [-0.4, -0.2) is 23.2 Å². The summed E-state index contributed by atoms with van der Waals surface area (Å²) in [4.78, 5) is 23.3. The minimum Gasteiger partial charge on any atom is -0.478 e. The van der Waals surface area contributed by atoms with Crippen LogP contribution in [0.3, 0.4) is 0 Å². The maximum Gasteiger partial charge on any atom is 0.335 e. The van der Waals surface area contributed by atoms with Gasteiger partial charge in [-0.25, -0.2) is 10.2 Å². The molecule has 1 amide bonds. The molecule has 6 heteroatoms. The third-order valence-corrected chi connectivity index (χ3v) is 6.02.